The van der Waals surface area contributed by atoms with Gasteiger partial charge in [-0.3, -0.25) is 14.6 Å². The van der Waals surface area contributed by atoms with E-state index in [1.54, 1.807) is 18.5 Å². The Hall–Kier alpha value is -3.48. The van der Waals surface area contributed by atoms with Crippen molar-refractivity contribution < 1.29 is 24.2 Å². The number of carbonyl (C=O) groups excluding carboxylic acids is 2. The summed E-state index contributed by atoms with van der Waals surface area (Å²) in [6.45, 7) is 0.0123. The average Bonchev–Trinajstić information content (AvgIpc) is 2.90. The summed E-state index contributed by atoms with van der Waals surface area (Å²) in [5.41, 5.74) is 2.63. The molecule has 1 fully saturated rings. The van der Waals surface area contributed by atoms with Crippen LogP contribution in [-0.2, 0) is 14.3 Å². The van der Waals surface area contributed by atoms with E-state index in [9.17, 15) is 14.4 Å². The van der Waals surface area contributed by atoms with Crippen LogP contribution >= 0.6 is 0 Å². The monoisotopic (exact) mass is 352 g/mol. The molecule has 132 valence electrons. The van der Waals surface area contributed by atoms with Crippen LogP contribution in [0.2, 0.25) is 0 Å². The highest BCUT2D eigenvalue weighted by Gasteiger charge is 2.36. The van der Waals surface area contributed by atoms with E-state index in [-0.39, 0.29) is 25.1 Å². The number of carbonyl (C=O) groups is 3. The molecule has 26 heavy (non-hydrogen) atoms. The van der Waals surface area contributed by atoms with E-state index in [2.05, 4.69) is 4.98 Å². The first-order chi connectivity index (χ1) is 12.5. The summed E-state index contributed by atoms with van der Waals surface area (Å²) in [5.74, 6) is -1.61. The maximum absolute atomic E-state index is 12.3. The summed E-state index contributed by atoms with van der Waals surface area (Å²) in [5, 5.41) is 8.65. The normalized spacial score (nSPS) is 15.4. The third-order valence-electron chi connectivity index (χ3n) is 3.84. The molecule has 0 unspecified atom stereocenters. The van der Waals surface area contributed by atoms with Crippen molar-refractivity contribution in [3.63, 3.8) is 0 Å². The highest BCUT2D eigenvalue weighted by molar-refractivity contribution is 6.09. The number of hydrogen-bond donors (Lipinski definition) is 1. The summed E-state index contributed by atoms with van der Waals surface area (Å²) >= 11 is 0. The largest absolute Gasteiger partial charge is 0.481 e. The van der Waals surface area contributed by atoms with E-state index in [0.717, 1.165) is 16.0 Å². The molecule has 0 aliphatic carbocycles. The van der Waals surface area contributed by atoms with Gasteiger partial charge in [0.25, 0.3) is 5.91 Å². The summed E-state index contributed by atoms with van der Waals surface area (Å²) < 4.78 is 5.03. The Morgan fingerprint density at radius 2 is 1.92 bits per heavy atom. The van der Waals surface area contributed by atoms with E-state index in [0.29, 0.717) is 5.56 Å². The number of carboxylic acids is 1. The third kappa shape index (κ3) is 3.94. The van der Waals surface area contributed by atoms with Crippen LogP contribution in [0.4, 0.5) is 4.79 Å². The van der Waals surface area contributed by atoms with Crippen LogP contribution < -0.4 is 0 Å². The van der Waals surface area contributed by atoms with Gasteiger partial charge in [0.05, 0.1) is 0 Å². The number of amides is 2. The van der Waals surface area contributed by atoms with Crippen LogP contribution in [0.15, 0.2) is 54.6 Å². The molecule has 0 radical (unpaired) electrons. The van der Waals surface area contributed by atoms with E-state index in [4.69, 9.17) is 9.84 Å². The Kier molecular flexibility index (Phi) is 5.07. The molecular weight excluding hydrogens is 336 g/mol. The van der Waals surface area contributed by atoms with Crippen molar-refractivity contribution in [2.45, 2.75) is 12.8 Å². The molecule has 1 aromatic carbocycles. The van der Waals surface area contributed by atoms with E-state index in [1.165, 1.54) is 6.08 Å². The Bertz CT molecular complexity index is 877. The van der Waals surface area contributed by atoms with Gasteiger partial charge in [0, 0.05) is 25.4 Å². The lowest BCUT2D eigenvalue weighted by Gasteiger charge is -2.08. The highest BCUT2D eigenvalue weighted by atomic mass is 16.6. The second kappa shape index (κ2) is 7.60. The lowest BCUT2D eigenvalue weighted by molar-refractivity contribution is -0.137. The number of ether oxygens (including phenoxy) is 1. The first-order valence-electron chi connectivity index (χ1n) is 8.02. The van der Waals surface area contributed by atoms with Crippen LogP contribution in [0.1, 0.15) is 18.4 Å². The molecule has 1 aromatic heterocycles. The number of cyclic esters (lactones) is 1. The first kappa shape index (κ1) is 17.3. The lowest BCUT2D eigenvalue weighted by Crippen LogP contribution is -2.30. The number of hydrogen-bond acceptors (Lipinski definition) is 5. The van der Waals surface area contributed by atoms with Gasteiger partial charge in [0.15, 0.2) is 5.76 Å². The van der Waals surface area contributed by atoms with Gasteiger partial charge in [-0.25, -0.2) is 9.69 Å². The summed E-state index contributed by atoms with van der Waals surface area (Å²) in [6, 6.07) is 11.2. The van der Waals surface area contributed by atoms with Crippen molar-refractivity contribution in [3.8, 4) is 11.1 Å². The van der Waals surface area contributed by atoms with Gasteiger partial charge in [-0.15, -0.1) is 0 Å². The number of imide groups is 1. The first-order valence-corrected chi connectivity index (χ1v) is 8.02. The van der Waals surface area contributed by atoms with Gasteiger partial charge in [0.1, 0.15) is 0 Å². The minimum Gasteiger partial charge on any atom is -0.481 e. The van der Waals surface area contributed by atoms with Gasteiger partial charge in [-0.1, -0.05) is 18.2 Å². The van der Waals surface area contributed by atoms with Crippen molar-refractivity contribution in [2.75, 3.05) is 6.54 Å². The van der Waals surface area contributed by atoms with Crippen molar-refractivity contribution in [1.29, 1.82) is 0 Å². The average molecular weight is 352 g/mol. The fourth-order valence-electron chi connectivity index (χ4n) is 2.58. The standard InChI is InChI=1S/C19H16N2O5/c22-17(23)5-2-10-21-18(24)16(26-19(21)25)12-13-3-1-4-15(11-13)14-6-8-20-9-7-14/h1,3-4,6-9,11-12H,2,5,10H2,(H,22,23)/b16-12-. The topological polar surface area (TPSA) is 96.8 Å². The molecule has 1 saturated heterocycles. The molecule has 1 N–H and O–H groups in total. The fourth-order valence-corrected chi connectivity index (χ4v) is 2.58. The van der Waals surface area contributed by atoms with Gasteiger partial charge in [-0.05, 0) is 47.4 Å². The molecule has 2 amide bonds. The van der Waals surface area contributed by atoms with Gasteiger partial charge in [0.2, 0.25) is 0 Å². The third-order valence-corrected chi connectivity index (χ3v) is 3.84. The minimum absolute atomic E-state index is 0.0123. The number of aliphatic carboxylic acids is 1. The molecule has 3 rings (SSSR count). The van der Waals surface area contributed by atoms with Crippen LogP contribution in [-0.4, -0.2) is 39.5 Å². The Morgan fingerprint density at radius 1 is 1.15 bits per heavy atom. The van der Waals surface area contributed by atoms with Gasteiger partial charge >= 0.3 is 12.1 Å². The van der Waals surface area contributed by atoms with Gasteiger partial charge in [-0.2, -0.15) is 0 Å². The molecular formula is C19H16N2O5. The Morgan fingerprint density at radius 3 is 2.65 bits per heavy atom. The predicted octanol–water partition coefficient (Wildman–Crippen LogP) is 2.93. The predicted molar refractivity (Wildman–Crippen MR) is 92.7 cm³/mol. The zero-order valence-electron chi connectivity index (χ0n) is 13.8. The SMILES string of the molecule is O=C(O)CCCN1C(=O)O/C(=C\c2cccc(-c3ccncc3)c2)C1=O. The summed E-state index contributed by atoms with van der Waals surface area (Å²) in [4.78, 5) is 39.6. The fraction of sp³-hybridized carbons (Fsp3) is 0.158. The second-order valence-corrected chi connectivity index (χ2v) is 5.69. The summed E-state index contributed by atoms with van der Waals surface area (Å²) in [6.07, 6.45) is 4.17. The van der Waals surface area contributed by atoms with Crippen molar-refractivity contribution >= 4 is 24.0 Å². The maximum Gasteiger partial charge on any atom is 0.422 e. The second-order valence-electron chi connectivity index (χ2n) is 5.69. The number of pyridine rings is 1. The quantitative estimate of drug-likeness (QED) is 0.803. The molecule has 7 heteroatoms. The van der Waals surface area contributed by atoms with Crippen LogP contribution in [0.5, 0.6) is 0 Å². The molecule has 2 heterocycles. The smallest absolute Gasteiger partial charge is 0.422 e. The highest BCUT2D eigenvalue weighted by Crippen LogP contribution is 2.24. The molecule has 2 aromatic rings. The number of rotatable bonds is 6. The Labute approximate surface area is 149 Å². The molecule has 1 aliphatic heterocycles. The molecule has 1 aliphatic rings. The Balaban J connectivity index is 1.77. The number of nitrogens with zero attached hydrogens (tertiary/aromatic N) is 2. The van der Waals surface area contributed by atoms with Crippen molar-refractivity contribution in [3.05, 3.63) is 60.1 Å². The van der Waals surface area contributed by atoms with E-state index >= 15 is 0 Å². The van der Waals surface area contributed by atoms with Crippen LogP contribution in [0.25, 0.3) is 17.2 Å². The lowest BCUT2D eigenvalue weighted by atomic mass is 10.0. The zero-order chi connectivity index (χ0) is 18.5. The molecule has 0 bridgehead atoms. The molecule has 0 saturated carbocycles. The van der Waals surface area contributed by atoms with E-state index in [1.807, 2.05) is 30.3 Å². The molecule has 0 atom stereocenters. The van der Waals surface area contributed by atoms with Crippen molar-refractivity contribution in [1.82, 2.24) is 9.88 Å². The summed E-state index contributed by atoms with van der Waals surface area (Å²) in [7, 11) is 0. The van der Waals surface area contributed by atoms with E-state index < -0.39 is 18.0 Å². The zero-order valence-corrected chi connectivity index (χ0v) is 13.8. The van der Waals surface area contributed by atoms with Crippen LogP contribution in [0, 0.1) is 0 Å². The van der Waals surface area contributed by atoms with Crippen molar-refractivity contribution in [2.24, 2.45) is 0 Å². The number of aromatic nitrogens is 1. The van der Waals surface area contributed by atoms with Crippen LogP contribution in [0.3, 0.4) is 0 Å². The number of carboxylic acid groups (broad SMARTS) is 1. The number of benzene rings is 1. The maximum atomic E-state index is 12.3. The molecule has 7 nitrogen and oxygen atoms in total. The minimum atomic E-state index is -0.978. The molecule has 0 spiro atoms. The van der Waals surface area contributed by atoms with Gasteiger partial charge < -0.3 is 9.84 Å².